The first-order valence-corrected chi connectivity index (χ1v) is 6.66. The summed E-state index contributed by atoms with van der Waals surface area (Å²) in [5.41, 5.74) is 0.411. The highest BCUT2D eigenvalue weighted by Gasteiger charge is 2.03. The van der Waals surface area contributed by atoms with Gasteiger partial charge in [0.05, 0.1) is 6.10 Å². The van der Waals surface area contributed by atoms with E-state index in [2.05, 4.69) is 6.92 Å². The molecule has 0 aliphatic heterocycles. The standard InChI is InChI=1S/C14H26O3/c1-3-4-6-10-13(15)11-8-5-7-9-12(2)14(16)17/h9,13,15H,3-8,10-11H2,1-2H3,(H,16,17)/b12-9+. The van der Waals surface area contributed by atoms with Crippen molar-refractivity contribution in [1.29, 1.82) is 0 Å². The van der Waals surface area contributed by atoms with Crippen molar-refractivity contribution in [2.24, 2.45) is 0 Å². The van der Waals surface area contributed by atoms with Crippen molar-refractivity contribution >= 4 is 5.97 Å². The molecule has 0 aromatic rings. The molecule has 0 amide bonds. The maximum absolute atomic E-state index is 10.5. The van der Waals surface area contributed by atoms with Gasteiger partial charge in [0.25, 0.3) is 0 Å². The predicted molar refractivity (Wildman–Crippen MR) is 70.0 cm³/mol. The van der Waals surface area contributed by atoms with E-state index in [0.29, 0.717) is 5.57 Å². The van der Waals surface area contributed by atoms with E-state index in [1.165, 1.54) is 12.8 Å². The van der Waals surface area contributed by atoms with Crippen molar-refractivity contribution in [3.63, 3.8) is 0 Å². The molecule has 1 unspecified atom stereocenters. The zero-order valence-corrected chi connectivity index (χ0v) is 11.1. The lowest BCUT2D eigenvalue weighted by Gasteiger charge is -2.09. The van der Waals surface area contributed by atoms with Crippen LogP contribution in [0, 0.1) is 0 Å². The van der Waals surface area contributed by atoms with Crippen LogP contribution in [0.5, 0.6) is 0 Å². The van der Waals surface area contributed by atoms with Gasteiger partial charge in [-0.1, -0.05) is 38.7 Å². The Balaban J connectivity index is 3.45. The summed E-state index contributed by atoms with van der Waals surface area (Å²) in [5.74, 6) is -0.843. The van der Waals surface area contributed by atoms with Crippen molar-refractivity contribution in [1.82, 2.24) is 0 Å². The highest BCUT2D eigenvalue weighted by Crippen LogP contribution is 2.11. The topological polar surface area (TPSA) is 57.5 Å². The van der Waals surface area contributed by atoms with Crippen LogP contribution in [0.15, 0.2) is 11.6 Å². The molecule has 0 aliphatic rings. The summed E-state index contributed by atoms with van der Waals surface area (Å²) in [7, 11) is 0. The Morgan fingerprint density at radius 1 is 1.18 bits per heavy atom. The first-order chi connectivity index (χ1) is 8.07. The summed E-state index contributed by atoms with van der Waals surface area (Å²) in [6.45, 7) is 3.77. The number of allylic oxidation sites excluding steroid dienone is 1. The first kappa shape index (κ1) is 16.2. The van der Waals surface area contributed by atoms with Crippen molar-refractivity contribution < 1.29 is 15.0 Å². The van der Waals surface area contributed by atoms with E-state index >= 15 is 0 Å². The molecule has 0 saturated carbocycles. The number of carboxylic acids is 1. The number of aliphatic hydroxyl groups excluding tert-OH is 1. The second kappa shape index (κ2) is 10.3. The van der Waals surface area contributed by atoms with Gasteiger partial charge in [-0.15, -0.1) is 0 Å². The van der Waals surface area contributed by atoms with Crippen LogP contribution in [-0.4, -0.2) is 22.3 Å². The third-order valence-corrected chi connectivity index (χ3v) is 2.92. The molecular weight excluding hydrogens is 216 g/mol. The molecule has 3 heteroatoms. The predicted octanol–water partition coefficient (Wildman–Crippen LogP) is 3.52. The maximum atomic E-state index is 10.5. The van der Waals surface area contributed by atoms with Crippen molar-refractivity contribution in [3.05, 3.63) is 11.6 Å². The van der Waals surface area contributed by atoms with Crippen LogP contribution in [0.2, 0.25) is 0 Å². The van der Waals surface area contributed by atoms with E-state index in [1.807, 2.05) is 0 Å². The fraction of sp³-hybridized carbons (Fsp3) is 0.786. The van der Waals surface area contributed by atoms with Gasteiger partial charge in [-0.05, 0) is 32.6 Å². The average molecular weight is 242 g/mol. The minimum absolute atomic E-state index is 0.175. The quantitative estimate of drug-likeness (QED) is 0.455. The number of aliphatic hydroxyl groups is 1. The van der Waals surface area contributed by atoms with E-state index in [4.69, 9.17) is 5.11 Å². The van der Waals surface area contributed by atoms with Crippen LogP contribution >= 0.6 is 0 Å². The molecule has 0 saturated heterocycles. The zero-order valence-electron chi connectivity index (χ0n) is 11.1. The smallest absolute Gasteiger partial charge is 0.330 e. The Kier molecular flexibility index (Phi) is 9.83. The van der Waals surface area contributed by atoms with Gasteiger partial charge in [0, 0.05) is 5.57 Å². The largest absolute Gasteiger partial charge is 0.478 e. The van der Waals surface area contributed by atoms with Crippen LogP contribution in [0.4, 0.5) is 0 Å². The molecule has 0 radical (unpaired) electrons. The van der Waals surface area contributed by atoms with Crippen LogP contribution in [0.25, 0.3) is 0 Å². The third kappa shape index (κ3) is 10.1. The molecule has 0 spiro atoms. The van der Waals surface area contributed by atoms with Crippen molar-refractivity contribution in [2.75, 3.05) is 0 Å². The molecule has 0 aromatic heterocycles. The Morgan fingerprint density at radius 2 is 1.76 bits per heavy atom. The third-order valence-electron chi connectivity index (χ3n) is 2.92. The van der Waals surface area contributed by atoms with Gasteiger partial charge in [0.1, 0.15) is 0 Å². The molecule has 0 bridgehead atoms. The first-order valence-electron chi connectivity index (χ1n) is 6.66. The van der Waals surface area contributed by atoms with E-state index in [-0.39, 0.29) is 6.10 Å². The number of hydrogen-bond acceptors (Lipinski definition) is 2. The normalized spacial score (nSPS) is 13.7. The summed E-state index contributed by atoms with van der Waals surface area (Å²) >= 11 is 0. The maximum Gasteiger partial charge on any atom is 0.330 e. The lowest BCUT2D eigenvalue weighted by atomic mass is 10.0. The summed E-state index contributed by atoms with van der Waals surface area (Å²) in [6, 6.07) is 0. The molecule has 0 aromatic carbocycles. The molecule has 2 N–H and O–H groups in total. The SMILES string of the molecule is CCCCCC(O)CCCC/C=C(\C)C(=O)O. The van der Waals surface area contributed by atoms with Gasteiger partial charge < -0.3 is 10.2 Å². The van der Waals surface area contributed by atoms with Gasteiger partial charge in [-0.2, -0.15) is 0 Å². The van der Waals surface area contributed by atoms with Crippen LogP contribution in [-0.2, 0) is 4.79 Å². The van der Waals surface area contributed by atoms with E-state index in [0.717, 1.165) is 38.5 Å². The molecule has 3 nitrogen and oxygen atoms in total. The second-order valence-electron chi connectivity index (χ2n) is 4.63. The molecule has 0 heterocycles. The number of carboxylic acid groups (broad SMARTS) is 1. The van der Waals surface area contributed by atoms with E-state index in [9.17, 15) is 9.90 Å². The fourth-order valence-electron chi connectivity index (χ4n) is 1.70. The highest BCUT2D eigenvalue weighted by atomic mass is 16.4. The van der Waals surface area contributed by atoms with Gasteiger partial charge >= 0.3 is 5.97 Å². The lowest BCUT2D eigenvalue weighted by molar-refractivity contribution is -0.132. The Hall–Kier alpha value is -0.830. The second-order valence-corrected chi connectivity index (χ2v) is 4.63. The van der Waals surface area contributed by atoms with Crippen LogP contribution in [0.1, 0.15) is 65.2 Å². The van der Waals surface area contributed by atoms with Gasteiger partial charge in [0.15, 0.2) is 0 Å². The molecule has 17 heavy (non-hydrogen) atoms. The Morgan fingerprint density at radius 3 is 2.29 bits per heavy atom. The van der Waals surface area contributed by atoms with E-state index < -0.39 is 5.97 Å². The fourth-order valence-corrected chi connectivity index (χ4v) is 1.70. The Bertz CT molecular complexity index is 234. The molecule has 0 aliphatic carbocycles. The molecular formula is C14H26O3. The summed E-state index contributed by atoms with van der Waals surface area (Å²) < 4.78 is 0. The highest BCUT2D eigenvalue weighted by molar-refractivity contribution is 5.85. The van der Waals surface area contributed by atoms with E-state index in [1.54, 1.807) is 13.0 Å². The number of unbranched alkanes of at least 4 members (excludes halogenated alkanes) is 4. The Labute approximate surface area is 105 Å². The van der Waals surface area contributed by atoms with Gasteiger partial charge in [0.2, 0.25) is 0 Å². The lowest BCUT2D eigenvalue weighted by Crippen LogP contribution is -2.05. The number of rotatable bonds is 10. The molecule has 0 fully saturated rings. The average Bonchev–Trinajstić information content (AvgIpc) is 2.28. The molecule has 0 rings (SSSR count). The zero-order chi connectivity index (χ0) is 13.1. The summed E-state index contributed by atoms with van der Waals surface area (Å²) in [6.07, 6.45) is 9.52. The van der Waals surface area contributed by atoms with Crippen LogP contribution < -0.4 is 0 Å². The number of hydrogen-bond donors (Lipinski definition) is 2. The monoisotopic (exact) mass is 242 g/mol. The number of carbonyl (C=O) groups is 1. The summed E-state index contributed by atoms with van der Waals surface area (Å²) in [5, 5.41) is 18.3. The van der Waals surface area contributed by atoms with Crippen molar-refractivity contribution in [2.45, 2.75) is 71.3 Å². The van der Waals surface area contributed by atoms with Gasteiger partial charge in [-0.25, -0.2) is 4.79 Å². The molecule has 1 atom stereocenters. The molecule has 100 valence electrons. The van der Waals surface area contributed by atoms with Crippen molar-refractivity contribution in [3.8, 4) is 0 Å². The summed E-state index contributed by atoms with van der Waals surface area (Å²) in [4.78, 5) is 10.5. The number of aliphatic carboxylic acids is 1. The minimum Gasteiger partial charge on any atom is -0.478 e. The minimum atomic E-state index is -0.843. The van der Waals surface area contributed by atoms with Crippen LogP contribution in [0.3, 0.4) is 0 Å². The van der Waals surface area contributed by atoms with Gasteiger partial charge in [-0.3, -0.25) is 0 Å².